The van der Waals surface area contributed by atoms with E-state index in [2.05, 4.69) is 4.98 Å². The highest BCUT2D eigenvalue weighted by molar-refractivity contribution is 5.25. The van der Waals surface area contributed by atoms with Gasteiger partial charge < -0.3 is 5.11 Å². The maximum absolute atomic E-state index is 13.4. The van der Waals surface area contributed by atoms with E-state index in [1.807, 2.05) is 12.1 Å². The van der Waals surface area contributed by atoms with E-state index in [9.17, 15) is 9.50 Å². The lowest BCUT2D eigenvalue weighted by Gasteiger charge is -2.11. The molecule has 0 saturated heterocycles. The molecule has 2 rings (SSSR count). The van der Waals surface area contributed by atoms with Gasteiger partial charge in [-0.25, -0.2) is 4.39 Å². The third-order valence-corrected chi connectivity index (χ3v) is 3.01. The Bertz CT molecular complexity index is 513. The Kier molecular flexibility index (Phi) is 4.05. The van der Waals surface area contributed by atoms with Crippen LogP contribution < -0.4 is 0 Å². The van der Waals surface area contributed by atoms with Gasteiger partial charge in [0.1, 0.15) is 5.82 Å². The summed E-state index contributed by atoms with van der Waals surface area (Å²) in [6, 6.07) is 8.70. The number of aryl methyl sites for hydroxylation is 2. The van der Waals surface area contributed by atoms with Crippen LogP contribution in [0.25, 0.3) is 0 Å². The van der Waals surface area contributed by atoms with Crippen LogP contribution in [0.1, 0.15) is 29.2 Å². The Balaban J connectivity index is 1.99. The van der Waals surface area contributed by atoms with Crippen LogP contribution in [0.4, 0.5) is 4.39 Å². The lowest BCUT2D eigenvalue weighted by molar-refractivity contribution is 0.167. The summed E-state index contributed by atoms with van der Waals surface area (Å²) in [5.41, 5.74) is 2.30. The first-order valence-corrected chi connectivity index (χ1v) is 6.00. The third kappa shape index (κ3) is 3.14. The molecule has 1 heterocycles. The van der Waals surface area contributed by atoms with E-state index in [0.717, 1.165) is 12.0 Å². The zero-order valence-corrected chi connectivity index (χ0v) is 10.3. The number of aliphatic hydroxyl groups excluding tert-OH is 1. The molecular weight excluding hydrogens is 229 g/mol. The molecule has 2 nitrogen and oxygen atoms in total. The summed E-state index contributed by atoms with van der Waals surface area (Å²) >= 11 is 0. The van der Waals surface area contributed by atoms with Crippen LogP contribution in [0.5, 0.6) is 0 Å². The molecule has 0 saturated carbocycles. The first-order chi connectivity index (χ1) is 8.66. The average Bonchev–Trinajstić information content (AvgIpc) is 2.40. The highest BCUT2D eigenvalue weighted by Gasteiger charge is 2.09. The molecule has 0 radical (unpaired) electrons. The van der Waals surface area contributed by atoms with E-state index >= 15 is 0 Å². The fourth-order valence-electron chi connectivity index (χ4n) is 1.83. The predicted molar refractivity (Wildman–Crippen MR) is 68.7 cm³/mol. The normalized spacial score (nSPS) is 12.4. The second-order valence-electron chi connectivity index (χ2n) is 4.42. The van der Waals surface area contributed by atoms with Crippen molar-refractivity contribution in [3.8, 4) is 0 Å². The first-order valence-electron chi connectivity index (χ1n) is 6.00. The number of aromatic nitrogens is 1. The second-order valence-corrected chi connectivity index (χ2v) is 4.42. The van der Waals surface area contributed by atoms with E-state index in [0.29, 0.717) is 17.5 Å². The van der Waals surface area contributed by atoms with Crippen LogP contribution in [0.3, 0.4) is 0 Å². The molecular formula is C15H16FNO. The van der Waals surface area contributed by atoms with Gasteiger partial charge in [-0.2, -0.15) is 0 Å². The third-order valence-electron chi connectivity index (χ3n) is 3.01. The Morgan fingerprint density at radius 2 is 2.17 bits per heavy atom. The molecule has 0 fully saturated rings. The van der Waals surface area contributed by atoms with E-state index in [4.69, 9.17) is 0 Å². The Labute approximate surface area is 106 Å². The van der Waals surface area contributed by atoms with Gasteiger partial charge in [-0.05, 0) is 48.6 Å². The minimum absolute atomic E-state index is 0.270. The van der Waals surface area contributed by atoms with Crippen LogP contribution in [-0.4, -0.2) is 10.1 Å². The van der Waals surface area contributed by atoms with Crippen LogP contribution in [-0.2, 0) is 6.42 Å². The number of halogens is 1. The van der Waals surface area contributed by atoms with Gasteiger partial charge >= 0.3 is 0 Å². The molecule has 1 unspecified atom stereocenters. The van der Waals surface area contributed by atoms with Gasteiger partial charge in [0.05, 0.1) is 6.10 Å². The molecule has 0 aliphatic heterocycles. The number of nitrogens with zero attached hydrogens (tertiary/aromatic N) is 1. The standard InChI is InChI=1S/C15H16FNO/c1-11-4-6-13(9-14(11)16)15(18)7-5-12-3-2-8-17-10-12/h2-4,6,8-10,15,18H,5,7H2,1H3. The maximum atomic E-state index is 13.4. The van der Waals surface area contributed by atoms with Crippen molar-refractivity contribution >= 4 is 0 Å². The monoisotopic (exact) mass is 245 g/mol. The van der Waals surface area contributed by atoms with Crippen molar-refractivity contribution < 1.29 is 9.50 Å². The Morgan fingerprint density at radius 3 is 2.83 bits per heavy atom. The van der Waals surface area contributed by atoms with E-state index < -0.39 is 6.10 Å². The van der Waals surface area contributed by atoms with Crippen molar-refractivity contribution in [1.82, 2.24) is 4.98 Å². The molecule has 0 amide bonds. The molecule has 0 aliphatic carbocycles. The van der Waals surface area contributed by atoms with Crippen molar-refractivity contribution in [2.75, 3.05) is 0 Å². The van der Waals surface area contributed by atoms with Gasteiger partial charge in [0.2, 0.25) is 0 Å². The van der Waals surface area contributed by atoms with E-state index in [1.165, 1.54) is 6.07 Å². The molecule has 3 heteroatoms. The zero-order chi connectivity index (χ0) is 13.0. The van der Waals surface area contributed by atoms with Crippen molar-refractivity contribution in [1.29, 1.82) is 0 Å². The Morgan fingerprint density at radius 1 is 1.33 bits per heavy atom. The summed E-state index contributed by atoms with van der Waals surface area (Å²) in [6.07, 6.45) is 4.15. The van der Waals surface area contributed by atoms with Gasteiger partial charge in [0.25, 0.3) is 0 Å². The van der Waals surface area contributed by atoms with Crippen molar-refractivity contribution in [2.24, 2.45) is 0 Å². The van der Waals surface area contributed by atoms with Gasteiger partial charge in [-0.1, -0.05) is 18.2 Å². The largest absolute Gasteiger partial charge is 0.388 e. The molecule has 94 valence electrons. The molecule has 0 bridgehead atoms. The smallest absolute Gasteiger partial charge is 0.126 e. The fraction of sp³-hybridized carbons (Fsp3) is 0.267. The maximum Gasteiger partial charge on any atom is 0.126 e. The van der Waals surface area contributed by atoms with Crippen LogP contribution in [0.2, 0.25) is 0 Å². The summed E-state index contributed by atoms with van der Waals surface area (Å²) in [5.74, 6) is -0.270. The summed E-state index contributed by atoms with van der Waals surface area (Å²) in [5, 5.41) is 10.0. The van der Waals surface area contributed by atoms with E-state index in [1.54, 1.807) is 31.5 Å². The van der Waals surface area contributed by atoms with Crippen LogP contribution in [0, 0.1) is 12.7 Å². The van der Waals surface area contributed by atoms with Gasteiger partial charge in [-0.15, -0.1) is 0 Å². The Hall–Kier alpha value is -1.74. The van der Waals surface area contributed by atoms with E-state index in [-0.39, 0.29) is 5.82 Å². The van der Waals surface area contributed by atoms with Crippen molar-refractivity contribution in [3.63, 3.8) is 0 Å². The quantitative estimate of drug-likeness (QED) is 0.897. The van der Waals surface area contributed by atoms with Gasteiger partial charge in [-0.3, -0.25) is 4.98 Å². The number of benzene rings is 1. The average molecular weight is 245 g/mol. The number of rotatable bonds is 4. The fourth-order valence-corrected chi connectivity index (χ4v) is 1.83. The zero-order valence-electron chi connectivity index (χ0n) is 10.3. The predicted octanol–water partition coefficient (Wildman–Crippen LogP) is 3.20. The lowest BCUT2D eigenvalue weighted by Crippen LogP contribution is -2.01. The molecule has 0 aliphatic rings. The van der Waals surface area contributed by atoms with Crippen molar-refractivity contribution in [3.05, 3.63) is 65.2 Å². The summed E-state index contributed by atoms with van der Waals surface area (Å²) < 4.78 is 13.4. The summed E-state index contributed by atoms with van der Waals surface area (Å²) in [4.78, 5) is 4.02. The van der Waals surface area contributed by atoms with Gasteiger partial charge in [0.15, 0.2) is 0 Å². The first kappa shape index (κ1) is 12.7. The number of pyridine rings is 1. The molecule has 18 heavy (non-hydrogen) atoms. The summed E-state index contributed by atoms with van der Waals surface area (Å²) in [6.45, 7) is 1.71. The minimum atomic E-state index is -0.639. The number of aliphatic hydroxyl groups is 1. The van der Waals surface area contributed by atoms with Gasteiger partial charge in [0, 0.05) is 12.4 Å². The van der Waals surface area contributed by atoms with Crippen LogP contribution in [0.15, 0.2) is 42.7 Å². The molecule has 1 atom stereocenters. The van der Waals surface area contributed by atoms with Crippen LogP contribution >= 0.6 is 0 Å². The lowest BCUT2D eigenvalue weighted by atomic mass is 10.0. The number of hydrogen-bond donors (Lipinski definition) is 1. The SMILES string of the molecule is Cc1ccc(C(O)CCc2cccnc2)cc1F. The molecule has 1 aromatic carbocycles. The highest BCUT2D eigenvalue weighted by atomic mass is 19.1. The molecule has 2 aromatic rings. The molecule has 0 spiro atoms. The van der Waals surface area contributed by atoms with Crippen molar-refractivity contribution in [2.45, 2.75) is 25.9 Å². The second kappa shape index (κ2) is 5.74. The minimum Gasteiger partial charge on any atom is -0.388 e. The highest BCUT2D eigenvalue weighted by Crippen LogP contribution is 2.21. The summed E-state index contributed by atoms with van der Waals surface area (Å²) in [7, 11) is 0. The molecule has 1 N–H and O–H groups in total. The molecule has 1 aromatic heterocycles. The topological polar surface area (TPSA) is 33.1 Å². The number of hydrogen-bond acceptors (Lipinski definition) is 2.